The Bertz CT molecular complexity index is 579. The summed E-state index contributed by atoms with van der Waals surface area (Å²) in [6.45, 7) is 0.0960. The first-order valence-electron chi connectivity index (χ1n) is 4.50. The van der Waals surface area contributed by atoms with Crippen molar-refractivity contribution in [1.82, 2.24) is 20.5 Å². The van der Waals surface area contributed by atoms with Gasteiger partial charge in [-0.2, -0.15) is 5.10 Å². The Labute approximate surface area is 90.7 Å². The molecule has 0 aliphatic rings. The van der Waals surface area contributed by atoms with E-state index < -0.39 is 6.09 Å². The number of fused-ring (bicyclic) bond motifs is 1. The number of aromatic nitrogens is 3. The van der Waals surface area contributed by atoms with E-state index >= 15 is 0 Å². The highest BCUT2D eigenvalue weighted by molar-refractivity contribution is 5.75. The largest absolute Gasteiger partial charge is 0.465 e. The molecule has 6 heteroatoms. The molecule has 2 aromatic rings. The van der Waals surface area contributed by atoms with Crippen molar-refractivity contribution in [3.63, 3.8) is 0 Å². The van der Waals surface area contributed by atoms with E-state index in [0.717, 1.165) is 10.9 Å². The lowest BCUT2D eigenvalue weighted by Crippen LogP contribution is -2.20. The molecule has 0 fully saturated rings. The number of pyridine rings is 1. The molecule has 2 aromatic heterocycles. The maximum absolute atomic E-state index is 10.1. The average molecular weight is 216 g/mol. The van der Waals surface area contributed by atoms with Crippen LogP contribution in [0.5, 0.6) is 0 Å². The molecule has 0 saturated carbocycles. The average Bonchev–Trinajstić information content (AvgIpc) is 2.71. The summed E-state index contributed by atoms with van der Waals surface area (Å²) in [7, 11) is 0. The number of amides is 1. The number of aromatic amines is 1. The Hall–Kier alpha value is -2.55. The highest BCUT2D eigenvalue weighted by Gasteiger charge is 1.96. The van der Waals surface area contributed by atoms with Crippen LogP contribution in [-0.4, -0.2) is 32.9 Å². The van der Waals surface area contributed by atoms with E-state index in [2.05, 4.69) is 32.3 Å². The van der Waals surface area contributed by atoms with Crippen LogP contribution in [0, 0.1) is 11.8 Å². The molecule has 16 heavy (non-hydrogen) atoms. The van der Waals surface area contributed by atoms with Gasteiger partial charge >= 0.3 is 6.09 Å². The second-order valence-electron chi connectivity index (χ2n) is 2.99. The number of nitrogens with one attached hydrogen (secondary N) is 2. The molecule has 0 unspecified atom stereocenters. The van der Waals surface area contributed by atoms with Crippen LogP contribution in [0.15, 0.2) is 18.5 Å². The maximum Gasteiger partial charge on any atom is 0.405 e. The molecule has 0 atom stereocenters. The summed E-state index contributed by atoms with van der Waals surface area (Å²) >= 11 is 0. The molecule has 0 spiro atoms. The standard InChI is InChI=1S/C10H8N4O2/c15-10(16)11-3-1-2-7-4-8-6-13-14-9(8)12-5-7/h4-6,11H,3H2,(H,15,16)(H,12,13,14). The zero-order valence-electron chi connectivity index (χ0n) is 8.19. The van der Waals surface area contributed by atoms with E-state index in [4.69, 9.17) is 5.11 Å². The number of carbonyl (C=O) groups is 1. The SMILES string of the molecule is O=C(O)NCC#Cc1cnc2[nH]ncc2c1. The number of nitrogens with zero attached hydrogens (tertiary/aromatic N) is 2. The summed E-state index contributed by atoms with van der Waals surface area (Å²) in [6, 6.07) is 1.83. The van der Waals surface area contributed by atoms with Gasteiger partial charge in [0.15, 0.2) is 5.65 Å². The van der Waals surface area contributed by atoms with Crippen LogP contribution in [0.3, 0.4) is 0 Å². The normalized spacial score (nSPS) is 9.50. The Morgan fingerprint density at radius 1 is 1.56 bits per heavy atom. The van der Waals surface area contributed by atoms with Gasteiger partial charge in [-0.05, 0) is 6.07 Å². The highest BCUT2D eigenvalue weighted by atomic mass is 16.4. The molecule has 0 aromatic carbocycles. The van der Waals surface area contributed by atoms with Crippen molar-refractivity contribution in [3.8, 4) is 11.8 Å². The van der Waals surface area contributed by atoms with Gasteiger partial charge in [-0.25, -0.2) is 9.78 Å². The van der Waals surface area contributed by atoms with Gasteiger partial charge < -0.3 is 10.4 Å². The monoisotopic (exact) mass is 216 g/mol. The quantitative estimate of drug-likeness (QED) is 0.608. The Morgan fingerprint density at radius 2 is 2.44 bits per heavy atom. The van der Waals surface area contributed by atoms with Crippen molar-refractivity contribution in [1.29, 1.82) is 0 Å². The molecule has 2 heterocycles. The lowest BCUT2D eigenvalue weighted by molar-refractivity contribution is 0.196. The topological polar surface area (TPSA) is 90.9 Å². The molecule has 0 bridgehead atoms. The first kappa shape index (κ1) is 9.98. The van der Waals surface area contributed by atoms with Crippen molar-refractivity contribution in [3.05, 3.63) is 24.0 Å². The second kappa shape index (κ2) is 4.31. The summed E-state index contributed by atoms with van der Waals surface area (Å²) in [5.74, 6) is 5.48. The third-order valence-corrected chi connectivity index (χ3v) is 1.85. The number of rotatable bonds is 1. The van der Waals surface area contributed by atoms with E-state index in [-0.39, 0.29) is 6.54 Å². The van der Waals surface area contributed by atoms with Gasteiger partial charge in [0.05, 0.1) is 12.7 Å². The Morgan fingerprint density at radius 3 is 3.25 bits per heavy atom. The van der Waals surface area contributed by atoms with Crippen LogP contribution in [-0.2, 0) is 0 Å². The van der Waals surface area contributed by atoms with Gasteiger partial charge in [-0.1, -0.05) is 11.8 Å². The zero-order chi connectivity index (χ0) is 11.4. The predicted molar refractivity (Wildman–Crippen MR) is 56.8 cm³/mol. The van der Waals surface area contributed by atoms with Crippen molar-refractivity contribution >= 4 is 17.1 Å². The summed E-state index contributed by atoms with van der Waals surface area (Å²) in [5, 5.41) is 17.9. The van der Waals surface area contributed by atoms with Crippen LogP contribution in [0.25, 0.3) is 11.0 Å². The minimum absolute atomic E-state index is 0.0960. The fraction of sp³-hybridized carbons (Fsp3) is 0.100. The van der Waals surface area contributed by atoms with Gasteiger partial charge in [0, 0.05) is 17.1 Å². The third kappa shape index (κ3) is 2.27. The molecule has 0 saturated heterocycles. The molecule has 2 rings (SSSR count). The molecule has 0 aliphatic carbocycles. The van der Waals surface area contributed by atoms with E-state index in [9.17, 15) is 4.79 Å². The van der Waals surface area contributed by atoms with Crippen LogP contribution < -0.4 is 5.32 Å². The summed E-state index contributed by atoms with van der Waals surface area (Å²) < 4.78 is 0. The van der Waals surface area contributed by atoms with Crippen molar-refractivity contribution in [2.75, 3.05) is 6.54 Å². The summed E-state index contributed by atoms with van der Waals surface area (Å²) in [6.07, 6.45) is 2.18. The van der Waals surface area contributed by atoms with E-state index in [1.54, 1.807) is 12.4 Å². The fourth-order valence-electron chi connectivity index (χ4n) is 1.17. The molecular weight excluding hydrogens is 208 g/mol. The molecule has 6 nitrogen and oxygen atoms in total. The number of carboxylic acid groups (broad SMARTS) is 1. The van der Waals surface area contributed by atoms with Gasteiger partial charge in [0.25, 0.3) is 0 Å². The van der Waals surface area contributed by atoms with Crippen LogP contribution in [0.1, 0.15) is 5.56 Å². The number of hydrogen-bond acceptors (Lipinski definition) is 3. The van der Waals surface area contributed by atoms with Crippen molar-refractivity contribution in [2.45, 2.75) is 0 Å². The highest BCUT2D eigenvalue weighted by Crippen LogP contribution is 2.08. The molecule has 0 radical (unpaired) electrons. The molecule has 0 aliphatic heterocycles. The molecular formula is C10H8N4O2. The minimum Gasteiger partial charge on any atom is -0.465 e. The summed E-state index contributed by atoms with van der Waals surface area (Å²) in [5.41, 5.74) is 1.43. The smallest absolute Gasteiger partial charge is 0.405 e. The molecule has 3 N–H and O–H groups in total. The first-order chi connectivity index (χ1) is 7.75. The van der Waals surface area contributed by atoms with Crippen LogP contribution in [0.4, 0.5) is 4.79 Å². The zero-order valence-corrected chi connectivity index (χ0v) is 8.19. The molecule has 80 valence electrons. The van der Waals surface area contributed by atoms with Crippen LogP contribution in [0.2, 0.25) is 0 Å². The Balaban J connectivity index is 2.11. The first-order valence-corrected chi connectivity index (χ1v) is 4.50. The van der Waals surface area contributed by atoms with Crippen molar-refractivity contribution < 1.29 is 9.90 Å². The van der Waals surface area contributed by atoms with Crippen molar-refractivity contribution in [2.24, 2.45) is 0 Å². The van der Waals surface area contributed by atoms with Crippen LogP contribution >= 0.6 is 0 Å². The number of H-pyrrole nitrogens is 1. The molecule has 1 amide bonds. The fourth-order valence-corrected chi connectivity index (χ4v) is 1.17. The van der Waals surface area contributed by atoms with E-state index in [1.165, 1.54) is 0 Å². The Kier molecular flexibility index (Phi) is 2.69. The van der Waals surface area contributed by atoms with Gasteiger partial charge in [-0.15, -0.1) is 0 Å². The number of hydrogen-bond donors (Lipinski definition) is 3. The van der Waals surface area contributed by atoms with Gasteiger partial charge in [0.1, 0.15) is 0 Å². The third-order valence-electron chi connectivity index (χ3n) is 1.85. The van der Waals surface area contributed by atoms with Gasteiger partial charge in [-0.3, -0.25) is 5.10 Å². The predicted octanol–water partition coefficient (Wildman–Crippen LogP) is 0.577. The van der Waals surface area contributed by atoms with E-state index in [0.29, 0.717) is 5.65 Å². The second-order valence-corrected chi connectivity index (χ2v) is 2.99. The summed E-state index contributed by atoms with van der Waals surface area (Å²) in [4.78, 5) is 14.2. The van der Waals surface area contributed by atoms with Gasteiger partial charge in [0.2, 0.25) is 0 Å². The minimum atomic E-state index is -1.09. The lowest BCUT2D eigenvalue weighted by Gasteiger charge is -1.91. The lowest BCUT2D eigenvalue weighted by atomic mass is 10.2. The van der Waals surface area contributed by atoms with E-state index in [1.807, 2.05) is 6.07 Å². The maximum atomic E-state index is 10.1.